The van der Waals surface area contributed by atoms with Crippen molar-refractivity contribution >= 4 is 22.7 Å². The molecule has 0 unspecified atom stereocenters. The molecule has 1 aliphatic heterocycles. The molecule has 0 amide bonds. The summed E-state index contributed by atoms with van der Waals surface area (Å²) in [4.78, 5) is 5.88. The second-order valence-electron chi connectivity index (χ2n) is 9.25. The fourth-order valence-corrected chi connectivity index (χ4v) is 7.23. The van der Waals surface area contributed by atoms with Crippen molar-refractivity contribution in [1.82, 2.24) is 21.3 Å². The Kier molecular flexibility index (Phi) is 7.20. The van der Waals surface area contributed by atoms with Gasteiger partial charge in [0.1, 0.15) is 0 Å². The van der Waals surface area contributed by atoms with Crippen molar-refractivity contribution < 1.29 is 0 Å². The number of nitrogens with one attached hydrogen (secondary N) is 4. The van der Waals surface area contributed by atoms with Gasteiger partial charge in [0.15, 0.2) is 0 Å². The lowest BCUT2D eigenvalue weighted by atomic mass is 9.90. The highest BCUT2D eigenvalue weighted by molar-refractivity contribution is 7.12. The van der Waals surface area contributed by atoms with Gasteiger partial charge >= 0.3 is 0 Å². The molecule has 0 spiro atoms. The quantitative estimate of drug-likeness (QED) is 0.483. The summed E-state index contributed by atoms with van der Waals surface area (Å²) in [6, 6.07) is 11.7. The topological polar surface area (TPSA) is 48.1 Å². The van der Waals surface area contributed by atoms with E-state index in [-0.39, 0.29) is 0 Å². The molecule has 0 radical (unpaired) electrons. The third-order valence-corrected chi connectivity index (χ3v) is 9.29. The van der Waals surface area contributed by atoms with Gasteiger partial charge < -0.3 is 21.3 Å². The summed E-state index contributed by atoms with van der Waals surface area (Å²) >= 11 is 3.96. The summed E-state index contributed by atoms with van der Waals surface area (Å²) in [5.74, 6) is 0. The standard InChI is InChI=1S/C24H36N4S2/c1-2-6-22-21(5-1)25-13-17-9-10-19(29-17)15-27-23-7-3-4-8-24(23)28-16-20-12-11-18(30-20)14-26-22/h9-12,21-28H,1-8,13-16H2/t21-,22-,23-,24-/m1/s1. The SMILES string of the molecule is c1cc2sc1CN[C@@H]1CCCC[C@H]1NCc1ccc(s1)CN[C@@H]1CCCC[C@H]1NC2. The van der Waals surface area contributed by atoms with Crippen LogP contribution in [0.2, 0.25) is 0 Å². The van der Waals surface area contributed by atoms with Crippen molar-refractivity contribution in [2.75, 3.05) is 0 Å². The molecule has 3 aliphatic rings. The molecule has 6 heteroatoms. The lowest BCUT2D eigenvalue weighted by Crippen LogP contribution is -2.49. The second-order valence-corrected chi connectivity index (χ2v) is 11.8. The molecule has 4 nitrogen and oxygen atoms in total. The Bertz CT molecular complexity index is 673. The normalized spacial score (nSPS) is 31.2. The minimum atomic E-state index is 0.588. The summed E-state index contributed by atoms with van der Waals surface area (Å²) in [5, 5.41) is 15.5. The molecule has 30 heavy (non-hydrogen) atoms. The van der Waals surface area contributed by atoms with Crippen LogP contribution in [0.3, 0.4) is 0 Å². The van der Waals surface area contributed by atoms with E-state index >= 15 is 0 Å². The number of fused-ring (bicyclic) bond motifs is 6. The van der Waals surface area contributed by atoms with Crippen LogP contribution in [0.1, 0.15) is 70.9 Å². The van der Waals surface area contributed by atoms with Gasteiger partial charge in [0.25, 0.3) is 0 Å². The molecule has 0 aromatic carbocycles. The van der Waals surface area contributed by atoms with Gasteiger partial charge in [-0.1, -0.05) is 25.7 Å². The van der Waals surface area contributed by atoms with Crippen LogP contribution in [0.15, 0.2) is 24.3 Å². The average Bonchev–Trinajstić information content (AvgIpc) is 3.43. The van der Waals surface area contributed by atoms with E-state index in [0.717, 1.165) is 26.2 Å². The predicted molar refractivity (Wildman–Crippen MR) is 128 cm³/mol. The molecular weight excluding hydrogens is 408 g/mol. The fraction of sp³-hybridized carbons (Fsp3) is 0.667. The number of rotatable bonds is 0. The first-order chi connectivity index (χ1) is 14.8. The van der Waals surface area contributed by atoms with E-state index < -0.39 is 0 Å². The maximum atomic E-state index is 3.89. The Morgan fingerprint density at radius 1 is 0.467 bits per heavy atom. The summed E-state index contributed by atoms with van der Waals surface area (Å²) < 4.78 is 0. The second kappa shape index (κ2) is 10.2. The first kappa shape index (κ1) is 21.1. The minimum absolute atomic E-state index is 0.588. The lowest BCUT2D eigenvalue weighted by molar-refractivity contribution is 0.282. The van der Waals surface area contributed by atoms with E-state index in [1.165, 1.54) is 70.9 Å². The van der Waals surface area contributed by atoms with E-state index in [1.54, 1.807) is 0 Å². The maximum Gasteiger partial charge on any atom is 0.0303 e. The highest BCUT2D eigenvalue weighted by atomic mass is 32.1. The van der Waals surface area contributed by atoms with E-state index in [1.807, 2.05) is 22.7 Å². The van der Waals surface area contributed by atoms with Crippen LogP contribution in [0.5, 0.6) is 0 Å². The Morgan fingerprint density at radius 2 is 0.733 bits per heavy atom. The lowest BCUT2D eigenvalue weighted by Gasteiger charge is -2.33. The van der Waals surface area contributed by atoms with Crippen LogP contribution < -0.4 is 21.3 Å². The molecule has 4 bridgehead atoms. The van der Waals surface area contributed by atoms with Crippen molar-refractivity contribution in [3.63, 3.8) is 0 Å². The first-order valence-corrected chi connectivity index (χ1v) is 13.6. The van der Waals surface area contributed by atoms with Crippen molar-refractivity contribution in [1.29, 1.82) is 0 Å². The van der Waals surface area contributed by atoms with Gasteiger partial charge in [-0.2, -0.15) is 0 Å². The van der Waals surface area contributed by atoms with Crippen LogP contribution in [-0.4, -0.2) is 24.2 Å². The van der Waals surface area contributed by atoms with E-state index in [0.29, 0.717) is 24.2 Å². The molecule has 4 N–H and O–H groups in total. The van der Waals surface area contributed by atoms with Crippen molar-refractivity contribution in [2.24, 2.45) is 0 Å². The van der Waals surface area contributed by atoms with Gasteiger partial charge in [-0.3, -0.25) is 0 Å². The maximum absolute atomic E-state index is 3.89. The number of hydrogen-bond acceptors (Lipinski definition) is 6. The highest BCUT2D eigenvalue weighted by Crippen LogP contribution is 2.25. The van der Waals surface area contributed by atoms with Crippen LogP contribution >= 0.6 is 22.7 Å². The third kappa shape index (κ3) is 5.34. The van der Waals surface area contributed by atoms with Crippen LogP contribution in [0, 0.1) is 0 Å². The van der Waals surface area contributed by atoms with E-state index in [9.17, 15) is 0 Å². The van der Waals surface area contributed by atoms with Crippen LogP contribution in [-0.2, 0) is 26.2 Å². The molecule has 2 aliphatic carbocycles. The van der Waals surface area contributed by atoms with Crippen LogP contribution in [0.4, 0.5) is 0 Å². The Hall–Kier alpha value is -0.760. The number of thiophene rings is 2. The predicted octanol–water partition coefficient (Wildman–Crippen LogP) is 4.50. The zero-order valence-corrected chi connectivity index (χ0v) is 19.6. The van der Waals surface area contributed by atoms with Crippen LogP contribution in [0.25, 0.3) is 0 Å². The molecular formula is C24H36N4S2. The van der Waals surface area contributed by atoms with Crippen molar-refractivity contribution in [3.05, 3.63) is 43.8 Å². The molecule has 3 heterocycles. The van der Waals surface area contributed by atoms with E-state index in [2.05, 4.69) is 45.5 Å². The fourth-order valence-electron chi connectivity index (χ4n) is 5.39. The van der Waals surface area contributed by atoms with Crippen molar-refractivity contribution in [2.45, 2.75) is 102 Å². The first-order valence-electron chi connectivity index (χ1n) is 11.9. The number of hydrogen-bond donors (Lipinski definition) is 4. The Balaban J connectivity index is 1.31. The molecule has 2 saturated carbocycles. The third-order valence-electron chi connectivity index (χ3n) is 7.12. The van der Waals surface area contributed by atoms with Gasteiger partial charge in [0, 0.05) is 69.9 Å². The zero-order chi connectivity index (χ0) is 20.2. The van der Waals surface area contributed by atoms with Gasteiger partial charge in [0.2, 0.25) is 0 Å². The minimum Gasteiger partial charge on any atom is -0.308 e. The van der Waals surface area contributed by atoms with Gasteiger partial charge in [-0.25, -0.2) is 0 Å². The molecule has 5 rings (SSSR count). The van der Waals surface area contributed by atoms with Crippen molar-refractivity contribution in [3.8, 4) is 0 Å². The molecule has 2 fully saturated rings. The summed E-state index contributed by atoms with van der Waals surface area (Å²) in [6.45, 7) is 4.02. The average molecular weight is 445 g/mol. The molecule has 4 atom stereocenters. The summed E-state index contributed by atoms with van der Waals surface area (Å²) in [7, 11) is 0. The molecule has 2 aromatic rings. The van der Waals surface area contributed by atoms with Gasteiger partial charge in [-0.15, -0.1) is 22.7 Å². The molecule has 0 saturated heterocycles. The molecule has 164 valence electrons. The zero-order valence-electron chi connectivity index (χ0n) is 17.9. The summed E-state index contributed by atoms with van der Waals surface area (Å²) in [5.41, 5.74) is 0. The molecule has 2 aromatic heterocycles. The summed E-state index contributed by atoms with van der Waals surface area (Å²) in [6.07, 6.45) is 10.6. The largest absolute Gasteiger partial charge is 0.308 e. The smallest absolute Gasteiger partial charge is 0.0303 e. The Morgan fingerprint density at radius 3 is 1.00 bits per heavy atom. The Labute approximate surface area is 189 Å². The van der Waals surface area contributed by atoms with Gasteiger partial charge in [0.05, 0.1) is 0 Å². The monoisotopic (exact) mass is 444 g/mol. The highest BCUT2D eigenvalue weighted by Gasteiger charge is 2.26. The van der Waals surface area contributed by atoms with E-state index in [4.69, 9.17) is 0 Å². The van der Waals surface area contributed by atoms with Gasteiger partial charge in [-0.05, 0) is 49.9 Å².